The smallest absolute Gasteiger partial charge is 0.181 e. The van der Waals surface area contributed by atoms with E-state index in [2.05, 4.69) is 45.7 Å². The van der Waals surface area contributed by atoms with Gasteiger partial charge in [-0.3, -0.25) is 4.79 Å². The molecule has 1 atom stereocenters. The van der Waals surface area contributed by atoms with E-state index in [1.165, 1.54) is 4.90 Å². The van der Waals surface area contributed by atoms with Gasteiger partial charge in [-0.15, -0.1) is 0 Å². The van der Waals surface area contributed by atoms with Gasteiger partial charge in [-0.25, -0.2) is 0 Å². The Balaban J connectivity index is 0.00000220. The molecule has 1 N–H and O–H groups in total. The summed E-state index contributed by atoms with van der Waals surface area (Å²) in [6, 6.07) is 3.77. The van der Waals surface area contributed by atoms with Crippen LogP contribution in [0.25, 0.3) is 0 Å². The summed E-state index contributed by atoms with van der Waals surface area (Å²) in [5.41, 5.74) is 0.223. The third-order valence-corrected chi connectivity index (χ3v) is 5.02. The zero-order valence-corrected chi connectivity index (χ0v) is 16.4. The van der Waals surface area contributed by atoms with Crippen LogP contribution in [0.15, 0.2) is 21.1 Å². The van der Waals surface area contributed by atoms with Crippen LogP contribution in [0.1, 0.15) is 31.1 Å². The molecule has 0 saturated heterocycles. The topological polar surface area (TPSA) is 30.7 Å². The minimum absolute atomic E-state index is 0. The van der Waals surface area contributed by atoms with Crippen molar-refractivity contribution in [3.8, 4) is 5.75 Å². The summed E-state index contributed by atoms with van der Waals surface area (Å²) >= 11 is 6.91. The first-order chi connectivity index (χ1) is 9.41. The first-order valence-electron chi connectivity index (χ1n) is 6.91. The van der Waals surface area contributed by atoms with Gasteiger partial charge in [0.25, 0.3) is 0 Å². The largest absolute Gasteiger partial charge is 1.00 e. The molecule has 1 heterocycles. The molecule has 3 nitrogen and oxygen atoms in total. The Labute approximate surface area is 149 Å². The fourth-order valence-corrected chi connectivity index (χ4v) is 4.02. The zero-order valence-electron chi connectivity index (χ0n) is 12.4. The van der Waals surface area contributed by atoms with Gasteiger partial charge < -0.3 is 22.0 Å². The van der Waals surface area contributed by atoms with Gasteiger partial charge in [-0.2, -0.15) is 0 Å². The molecule has 1 aromatic rings. The minimum atomic E-state index is -0.450. The Hall–Kier alpha value is -0.100. The van der Waals surface area contributed by atoms with E-state index >= 15 is 0 Å². The number of fused-ring (bicyclic) bond motifs is 1. The summed E-state index contributed by atoms with van der Waals surface area (Å²) in [4.78, 5) is 14.3. The van der Waals surface area contributed by atoms with Crippen molar-refractivity contribution in [1.29, 1.82) is 0 Å². The molecule has 0 radical (unpaired) electrons. The molecule has 0 bridgehead atoms. The maximum absolute atomic E-state index is 12.9. The Kier molecular flexibility index (Phi) is 6.72. The van der Waals surface area contributed by atoms with Crippen LogP contribution in [0.3, 0.4) is 0 Å². The number of carbonyl (C=O) groups excluding carboxylic acids is 1. The summed E-state index contributed by atoms with van der Waals surface area (Å²) < 4.78 is 7.60. The molecule has 0 amide bonds. The number of quaternary nitrogens is 1. The third kappa shape index (κ3) is 3.81. The van der Waals surface area contributed by atoms with E-state index in [1.54, 1.807) is 0 Å². The predicted octanol–water partition coefficient (Wildman–Crippen LogP) is -0.278. The van der Waals surface area contributed by atoms with Crippen LogP contribution < -0.4 is 22.0 Å². The molecule has 1 aliphatic heterocycles. The van der Waals surface area contributed by atoms with E-state index in [0.717, 1.165) is 28.6 Å². The predicted molar refractivity (Wildman–Crippen MR) is 86.7 cm³/mol. The molecule has 2 rings (SSSR count). The van der Waals surface area contributed by atoms with Gasteiger partial charge in [-0.1, -0.05) is 15.9 Å². The van der Waals surface area contributed by atoms with Crippen LogP contribution in [0.4, 0.5) is 0 Å². The highest BCUT2D eigenvalue weighted by atomic mass is 79.9. The molecule has 6 heteroatoms. The normalized spacial score (nSPS) is 20.8. The summed E-state index contributed by atoms with van der Waals surface area (Å²) in [6.07, 6.45) is 0. The molecule has 21 heavy (non-hydrogen) atoms. The van der Waals surface area contributed by atoms with Crippen molar-refractivity contribution in [1.82, 2.24) is 0 Å². The number of hydrogen-bond donors (Lipinski definition) is 1. The zero-order chi connectivity index (χ0) is 14.9. The Morgan fingerprint density at radius 3 is 2.48 bits per heavy atom. The highest BCUT2D eigenvalue weighted by molar-refractivity contribution is 9.11. The van der Waals surface area contributed by atoms with Crippen LogP contribution >= 0.6 is 31.9 Å². The molecule has 0 aromatic heterocycles. The second-order valence-electron chi connectivity index (χ2n) is 5.58. The second-order valence-corrected chi connectivity index (χ2v) is 7.35. The Bertz CT molecular complexity index is 535. The lowest BCUT2D eigenvalue weighted by Gasteiger charge is -2.35. The number of halogens is 3. The monoisotopic (exact) mass is 439 g/mol. The molecule has 1 unspecified atom stereocenters. The van der Waals surface area contributed by atoms with E-state index in [-0.39, 0.29) is 18.2 Å². The number of rotatable bonds is 4. The molecular formula is C15H20Br2ClNO2. The highest BCUT2D eigenvalue weighted by Gasteiger charge is 2.43. The summed E-state index contributed by atoms with van der Waals surface area (Å²) in [5, 5.41) is 0. The fraction of sp³-hybridized carbons (Fsp3) is 0.533. The lowest BCUT2D eigenvalue weighted by Crippen LogP contribution is -3.13. The van der Waals surface area contributed by atoms with Gasteiger partial charge in [0.15, 0.2) is 5.78 Å². The quantitative estimate of drug-likeness (QED) is 0.697. The Morgan fingerprint density at radius 2 is 1.90 bits per heavy atom. The fourth-order valence-electron chi connectivity index (χ4n) is 2.68. The molecule has 0 saturated carbocycles. The SMILES string of the molecule is CC[NH+](CC)CC1(C)COc2c(Br)cc(Br)cc2C1=O.[Cl-]. The van der Waals surface area contributed by atoms with Gasteiger partial charge in [0, 0.05) is 4.47 Å². The molecular weight excluding hydrogens is 421 g/mol. The number of nitrogens with one attached hydrogen (secondary N) is 1. The number of benzene rings is 1. The number of hydrogen-bond acceptors (Lipinski definition) is 2. The van der Waals surface area contributed by atoms with Crippen molar-refractivity contribution in [3.63, 3.8) is 0 Å². The average Bonchev–Trinajstić information content (AvgIpc) is 2.41. The van der Waals surface area contributed by atoms with Gasteiger partial charge in [-0.05, 0) is 48.8 Å². The number of carbonyl (C=O) groups is 1. The number of Topliss-reactive ketones (excluding diaryl/α,β-unsaturated/α-hetero) is 1. The van der Waals surface area contributed by atoms with Crippen molar-refractivity contribution in [2.45, 2.75) is 20.8 Å². The lowest BCUT2D eigenvalue weighted by molar-refractivity contribution is -0.901. The van der Waals surface area contributed by atoms with Gasteiger partial charge in [0.2, 0.25) is 0 Å². The van der Waals surface area contributed by atoms with Crippen LogP contribution in [-0.4, -0.2) is 32.0 Å². The van der Waals surface area contributed by atoms with Crippen LogP contribution in [0.2, 0.25) is 0 Å². The van der Waals surface area contributed by atoms with E-state index in [0.29, 0.717) is 17.9 Å². The maximum atomic E-state index is 12.9. The van der Waals surface area contributed by atoms with Crippen LogP contribution in [0, 0.1) is 5.41 Å². The second kappa shape index (κ2) is 7.44. The van der Waals surface area contributed by atoms with E-state index < -0.39 is 5.41 Å². The summed E-state index contributed by atoms with van der Waals surface area (Å²) in [6.45, 7) is 9.61. The lowest BCUT2D eigenvalue weighted by atomic mass is 9.80. The first-order valence-corrected chi connectivity index (χ1v) is 8.50. The van der Waals surface area contributed by atoms with Gasteiger partial charge in [0.1, 0.15) is 17.8 Å². The molecule has 0 spiro atoms. The van der Waals surface area contributed by atoms with E-state index in [4.69, 9.17) is 4.74 Å². The summed E-state index contributed by atoms with van der Waals surface area (Å²) in [7, 11) is 0. The summed E-state index contributed by atoms with van der Waals surface area (Å²) in [5.74, 6) is 0.852. The van der Waals surface area contributed by atoms with Crippen molar-refractivity contribution in [2.75, 3.05) is 26.2 Å². The van der Waals surface area contributed by atoms with Crippen molar-refractivity contribution in [2.24, 2.45) is 5.41 Å². The van der Waals surface area contributed by atoms with Gasteiger partial charge in [0.05, 0.1) is 29.7 Å². The number of ketones is 1. The molecule has 0 aliphatic carbocycles. The van der Waals surface area contributed by atoms with E-state index in [1.807, 2.05) is 19.1 Å². The third-order valence-electron chi connectivity index (χ3n) is 3.98. The van der Waals surface area contributed by atoms with Crippen molar-refractivity contribution >= 4 is 37.6 Å². The molecule has 118 valence electrons. The van der Waals surface area contributed by atoms with E-state index in [9.17, 15) is 4.79 Å². The first kappa shape index (κ1) is 18.9. The van der Waals surface area contributed by atoms with Crippen LogP contribution in [-0.2, 0) is 0 Å². The van der Waals surface area contributed by atoms with Crippen molar-refractivity contribution < 1.29 is 26.8 Å². The standard InChI is InChI=1S/C15H19Br2NO2.ClH/c1-4-18(5-2)8-15(3)9-20-13-11(14(15)19)6-10(16)7-12(13)17;/h6-7H,4-5,8-9H2,1-3H3;1H. The van der Waals surface area contributed by atoms with Crippen molar-refractivity contribution in [3.05, 3.63) is 26.6 Å². The molecule has 1 aromatic carbocycles. The van der Waals surface area contributed by atoms with Crippen LogP contribution in [0.5, 0.6) is 5.75 Å². The number of ether oxygens (including phenoxy) is 1. The molecule has 0 fully saturated rings. The van der Waals surface area contributed by atoms with Gasteiger partial charge >= 0.3 is 0 Å². The Morgan fingerprint density at radius 1 is 1.29 bits per heavy atom. The highest BCUT2D eigenvalue weighted by Crippen LogP contribution is 2.40. The molecule has 1 aliphatic rings. The minimum Gasteiger partial charge on any atom is -1.00 e. The average molecular weight is 442 g/mol. The maximum Gasteiger partial charge on any atom is 0.181 e.